The fourth-order valence-electron chi connectivity index (χ4n) is 3.49. The van der Waals surface area contributed by atoms with E-state index in [0.717, 1.165) is 23.6 Å². The first-order chi connectivity index (χ1) is 13.9. The van der Waals surface area contributed by atoms with Crippen molar-refractivity contribution in [1.82, 2.24) is 15.2 Å². The van der Waals surface area contributed by atoms with Gasteiger partial charge in [0.1, 0.15) is 5.82 Å². The van der Waals surface area contributed by atoms with Gasteiger partial charge in [-0.2, -0.15) is 5.10 Å². The lowest BCUT2D eigenvalue weighted by Gasteiger charge is -1.99. The van der Waals surface area contributed by atoms with Crippen molar-refractivity contribution in [2.24, 2.45) is 0 Å². The molecule has 3 heteroatoms. The van der Waals surface area contributed by atoms with Gasteiger partial charge in [-0.1, -0.05) is 101 Å². The van der Waals surface area contributed by atoms with Gasteiger partial charge in [0.25, 0.3) is 0 Å². The predicted octanol–water partition coefficient (Wildman–Crippen LogP) is 7.66. The van der Waals surface area contributed by atoms with Crippen LogP contribution < -0.4 is 0 Å². The van der Waals surface area contributed by atoms with Gasteiger partial charge in [-0.25, -0.2) is 4.98 Å². The summed E-state index contributed by atoms with van der Waals surface area (Å²) in [4.78, 5) is 4.61. The first kappa shape index (κ1) is 22.4. The van der Waals surface area contributed by atoms with E-state index in [1.807, 2.05) is 18.2 Å². The van der Waals surface area contributed by atoms with E-state index in [2.05, 4.69) is 46.4 Å². The lowest BCUT2D eigenvalue weighted by molar-refractivity contribution is 0.606. The van der Waals surface area contributed by atoms with Crippen LogP contribution in [0.25, 0.3) is 11.4 Å². The minimum Gasteiger partial charge on any atom is -0.263 e. The van der Waals surface area contributed by atoms with Gasteiger partial charge >= 0.3 is 0 Å². The highest BCUT2D eigenvalue weighted by Gasteiger charge is 2.04. The molecule has 2 rings (SSSR count). The Morgan fingerprint density at radius 1 is 0.750 bits per heavy atom. The van der Waals surface area contributed by atoms with Crippen molar-refractivity contribution < 1.29 is 0 Å². The number of aryl methyl sites for hydroxylation is 1. The number of aromatic nitrogens is 3. The molecule has 1 N–H and O–H groups in total. The zero-order chi connectivity index (χ0) is 19.7. The van der Waals surface area contributed by atoms with Gasteiger partial charge < -0.3 is 0 Å². The summed E-state index contributed by atoms with van der Waals surface area (Å²) >= 11 is 0. The van der Waals surface area contributed by atoms with Crippen molar-refractivity contribution in [3.05, 3.63) is 48.3 Å². The van der Waals surface area contributed by atoms with Crippen LogP contribution in [0.4, 0.5) is 0 Å². The molecule has 3 nitrogen and oxygen atoms in total. The molecule has 0 fully saturated rings. The molecule has 0 atom stereocenters. The quantitative estimate of drug-likeness (QED) is 0.239. The standard InChI is InChI=1S/C25H39N3/c1-2-3-4-5-6-7-8-9-10-11-12-13-14-15-19-22-24-26-25(28-27-24)23-20-17-16-18-21-23/h9-10,16-18,20-21H,2-8,11-15,19,22H2,1H3,(H,26,27,28)/b10-9-. The SMILES string of the molecule is CCCCCCCC/C=C\CCCCCCCc1nc(-c2ccccc2)n[nH]1. The van der Waals surface area contributed by atoms with Crippen molar-refractivity contribution in [2.45, 2.75) is 96.8 Å². The molecule has 0 bridgehead atoms. The van der Waals surface area contributed by atoms with Crippen LogP contribution in [-0.4, -0.2) is 15.2 Å². The molecule has 0 unspecified atom stereocenters. The Bertz CT molecular complexity index is 630. The highest BCUT2D eigenvalue weighted by molar-refractivity contribution is 5.53. The number of hydrogen-bond donors (Lipinski definition) is 1. The van der Waals surface area contributed by atoms with Crippen molar-refractivity contribution in [3.8, 4) is 11.4 Å². The summed E-state index contributed by atoms with van der Waals surface area (Å²) in [5.41, 5.74) is 1.08. The van der Waals surface area contributed by atoms with Gasteiger partial charge in [0.2, 0.25) is 0 Å². The highest BCUT2D eigenvalue weighted by atomic mass is 15.2. The predicted molar refractivity (Wildman–Crippen MR) is 120 cm³/mol. The second-order valence-electron chi connectivity index (χ2n) is 7.81. The monoisotopic (exact) mass is 381 g/mol. The molecule has 0 aliphatic rings. The third-order valence-corrected chi connectivity index (χ3v) is 5.24. The summed E-state index contributed by atoms with van der Waals surface area (Å²) in [6.07, 6.45) is 23.1. The fourth-order valence-corrected chi connectivity index (χ4v) is 3.49. The minimum absolute atomic E-state index is 0.809. The Balaban J connectivity index is 1.41. The largest absolute Gasteiger partial charge is 0.263 e. The summed E-state index contributed by atoms with van der Waals surface area (Å²) < 4.78 is 0. The van der Waals surface area contributed by atoms with E-state index in [4.69, 9.17) is 0 Å². The normalized spacial score (nSPS) is 11.5. The second kappa shape index (κ2) is 15.1. The van der Waals surface area contributed by atoms with Crippen LogP contribution in [0.1, 0.15) is 96.2 Å². The fraction of sp³-hybridized carbons (Fsp3) is 0.600. The Labute approximate surface area is 172 Å². The molecule has 0 aliphatic heterocycles. The number of unbranched alkanes of at least 4 members (excludes halogenated alkanes) is 11. The van der Waals surface area contributed by atoms with Crippen LogP contribution in [0.3, 0.4) is 0 Å². The number of nitrogens with zero attached hydrogens (tertiary/aromatic N) is 2. The third kappa shape index (κ3) is 9.87. The van der Waals surface area contributed by atoms with E-state index in [0.29, 0.717) is 0 Å². The molecule has 0 saturated carbocycles. The van der Waals surface area contributed by atoms with E-state index in [1.165, 1.54) is 83.5 Å². The number of aromatic amines is 1. The lowest BCUT2D eigenvalue weighted by atomic mass is 10.1. The smallest absolute Gasteiger partial charge is 0.181 e. The van der Waals surface area contributed by atoms with Crippen LogP contribution >= 0.6 is 0 Å². The van der Waals surface area contributed by atoms with Crippen molar-refractivity contribution in [2.75, 3.05) is 0 Å². The van der Waals surface area contributed by atoms with Crippen LogP contribution in [0.5, 0.6) is 0 Å². The summed E-state index contributed by atoms with van der Waals surface area (Å²) in [7, 11) is 0. The molecular formula is C25H39N3. The maximum atomic E-state index is 4.61. The Hall–Kier alpha value is -1.90. The molecule has 0 radical (unpaired) electrons. The van der Waals surface area contributed by atoms with Crippen LogP contribution in [0.2, 0.25) is 0 Å². The minimum atomic E-state index is 0.809. The summed E-state index contributed by atoms with van der Waals surface area (Å²) in [6, 6.07) is 10.2. The zero-order valence-corrected chi connectivity index (χ0v) is 17.8. The molecule has 1 heterocycles. The van der Waals surface area contributed by atoms with Crippen molar-refractivity contribution >= 4 is 0 Å². The van der Waals surface area contributed by atoms with E-state index >= 15 is 0 Å². The van der Waals surface area contributed by atoms with Gasteiger partial charge in [-0.05, 0) is 32.1 Å². The van der Waals surface area contributed by atoms with Crippen LogP contribution in [0, 0.1) is 0 Å². The first-order valence-corrected chi connectivity index (χ1v) is 11.5. The Morgan fingerprint density at radius 2 is 1.36 bits per heavy atom. The number of H-pyrrole nitrogens is 1. The maximum absolute atomic E-state index is 4.61. The summed E-state index contributed by atoms with van der Waals surface area (Å²) in [6.45, 7) is 2.28. The first-order valence-electron chi connectivity index (χ1n) is 11.5. The van der Waals surface area contributed by atoms with Crippen LogP contribution in [0.15, 0.2) is 42.5 Å². The lowest BCUT2D eigenvalue weighted by Crippen LogP contribution is -1.89. The van der Waals surface area contributed by atoms with Crippen LogP contribution in [-0.2, 0) is 6.42 Å². The average molecular weight is 382 g/mol. The number of rotatable bonds is 16. The molecule has 0 aliphatic carbocycles. The Morgan fingerprint density at radius 3 is 2.04 bits per heavy atom. The van der Waals surface area contributed by atoms with E-state index in [1.54, 1.807) is 0 Å². The Kier molecular flexibility index (Phi) is 12.1. The second-order valence-corrected chi connectivity index (χ2v) is 7.81. The molecule has 1 aromatic carbocycles. The topological polar surface area (TPSA) is 41.6 Å². The number of hydrogen-bond acceptors (Lipinski definition) is 2. The zero-order valence-electron chi connectivity index (χ0n) is 17.8. The molecular weight excluding hydrogens is 342 g/mol. The van der Waals surface area contributed by atoms with E-state index in [9.17, 15) is 0 Å². The molecule has 154 valence electrons. The average Bonchev–Trinajstić information content (AvgIpc) is 3.20. The highest BCUT2D eigenvalue weighted by Crippen LogP contribution is 2.15. The molecule has 0 amide bonds. The number of benzene rings is 1. The molecule has 2 aromatic rings. The van der Waals surface area contributed by atoms with Gasteiger partial charge in [0, 0.05) is 12.0 Å². The molecule has 0 saturated heterocycles. The van der Waals surface area contributed by atoms with Gasteiger partial charge in [0.05, 0.1) is 0 Å². The van der Waals surface area contributed by atoms with E-state index < -0.39 is 0 Å². The van der Waals surface area contributed by atoms with Gasteiger partial charge in [-0.15, -0.1) is 0 Å². The molecule has 0 spiro atoms. The van der Waals surface area contributed by atoms with Crippen molar-refractivity contribution in [1.29, 1.82) is 0 Å². The van der Waals surface area contributed by atoms with Crippen molar-refractivity contribution in [3.63, 3.8) is 0 Å². The number of nitrogens with one attached hydrogen (secondary N) is 1. The summed E-state index contributed by atoms with van der Waals surface area (Å²) in [5.74, 6) is 1.82. The van der Waals surface area contributed by atoms with Gasteiger partial charge in [-0.3, -0.25) is 5.10 Å². The van der Waals surface area contributed by atoms with E-state index in [-0.39, 0.29) is 0 Å². The van der Waals surface area contributed by atoms with Gasteiger partial charge in [0.15, 0.2) is 5.82 Å². The third-order valence-electron chi connectivity index (χ3n) is 5.24. The summed E-state index contributed by atoms with van der Waals surface area (Å²) in [5, 5.41) is 7.41. The molecule has 1 aromatic heterocycles. The molecule has 28 heavy (non-hydrogen) atoms. The maximum Gasteiger partial charge on any atom is 0.181 e. The number of allylic oxidation sites excluding steroid dienone is 2.